The van der Waals surface area contributed by atoms with Crippen LogP contribution in [0.5, 0.6) is 5.75 Å². The molecule has 0 aromatic heterocycles. The fraction of sp³-hybridized carbons (Fsp3) is 0.364. The van der Waals surface area contributed by atoms with E-state index in [-0.39, 0.29) is 11.7 Å². The van der Waals surface area contributed by atoms with Crippen LogP contribution >= 0.6 is 0 Å². The zero-order valence-electron chi connectivity index (χ0n) is 8.50. The molecule has 0 aliphatic rings. The number of halogens is 1. The smallest absolute Gasteiger partial charge is 0.123 e. The van der Waals surface area contributed by atoms with Gasteiger partial charge in [-0.05, 0) is 37.1 Å². The van der Waals surface area contributed by atoms with Crippen molar-refractivity contribution >= 4 is 5.84 Å². The van der Waals surface area contributed by atoms with E-state index in [9.17, 15) is 4.39 Å². The number of nitrogens with one attached hydrogen (secondary N) is 1. The van der Waals surface area contributed by atoms with Gasteiger partial charge in [0.05, 0.1) is 12.4 Å². The Morgan fingerprint density at radius 1 is 1.27 bits per heavy atom. The van der Waals surface area contributed by atoms with Crippen molar-refractivity contribution in [2.45, 2.75) is 19.3 Å². The molecular weight excluding hydrogens is 195 g/mol. The summed E-state index contributed by atoms with van der Waals surface area (Å²) in [7, 11) is 0. The van der Waals surface area contributed by atoms with Gasteiger partial charge in [0.15, 0.2) is 0 Å². The molecule has 3 nitrogen and oxygen atoms in total. The van der Waals surface area contributed by atoms with Crippen LogP contribution in [0.3, 0.4) is 0 Å². The number of unbranched alkanes of at least 4 members (excludes halogenated alkanes) is 1. The van der Waals surface area contributed by atoms with Crippen molar-refractivity contribution in [3.8, 4) is 5.75 Å². The van der Waals surface area contributed by atoms with Gasteiger partial charge in [0.2, 0.25) is 0 Å². The first-order chi connectivity index (χ1) is 7.18. The van der Waals surface area contributed by atoms with Gasteiger partial charge in [0.25, 0.3) is 0 Å². The molecule has 1 rings (SSSR count). The predicted molar refractivity (Wildman–Crippen MR) is 57.7 cm³/mol. The summed E-state index contributed by atoms with van der Waals surface area (Å²) in [6.07, 6.45) is 2.29. The second kappa shape index (κ2) is 6.01. The van der Waals surface area contributed by atoms with Gasteiger partial charge in [-0.1, -0.05) is 0 Å². The minimum atomic E-state index is -0.265. The third kappa shape index (κ3) is 5.00. The third-order valence-electron chi connectivity index (χ3n) is 1.92. The van der Waals surface area contributed by atoms with Crippen molar-refractivity contribution < 1.29 is 9.13 Å². The molecule has 0 heterocycles. The second-order valence-electron chi connectivity index (χ2n) is 3.28. The van der Waals surface area contributed by atoms with Crippen LogP contribution in [0.15, 0.2) is 24.3 Å². The summed E-state index contributed by atoms with van der Waals surface area (Å²) in [6.45, 7) is 0.568. The summed E-state index contributed by atoms with van der Waals surface area (Å²) in [5.74, 6) is 0.606. The summed E-state index contributed by atoms with van der Waals surface area (Å²) in [5.41, 5.74) is 5.20. The zero-order chi connectivity index (χ0) is 11.1. The normalized spacial score (nSPS) is 9.93. The number of amidine groups is 1. The number of benzene rings is 1. The largest absolute Gasteiger partial charge is 0.494 e. The fourth-order valence-corrected chi connectivity index (χ4v) is 1.14. The zero-order valence-corrected chi connectivity index (χ0v) is 8.50. The van der Waals surface area contributed by atoms with E-state index in [4.69, 9.17) is 15.9 Å². The van der Waals surface area contributed by atoms with Crippen LogP contribution in [0, 0.1) is 11.2 Å². The first kappa shape index (κ1) is 11.5. The number of rotatable bonds is 6. The molecule has 0 spiro atoms. The highest BCUT2D eigenvalue weighted by Gasteiger charge is 1.95. The molecule has 15 heavy (non-hydrogen) atoms. The Labute approximate surface area is 88.6 Å². The molecule has 1 aromatic rings. The Balaban J connectivity index is 2.15. The minimum Gasteiger partial charge on any atom is -0.494 e. The van der Waals surface area contributed by atoms with E-state index in [0.717, 1.165) is 12.8 Å². The molecule has 4 heteroatoms. The van der Waals surface area contributed by atoms with Crippen molar-refractivity contribution in [1.29, 1.82) is 5.41 Å². The van der Waals surface area contributed by atoms with Crippen molar-refractivity contribution in [1.82, 2.24) is 0 Å². The highest BCUT2D eigenvalue weighted by molar-refractivity contribution is 5.76. The molecule has 0 bridgehead atoms. The van der Waals surface area contributed by atoms with E-state index >= 15 is 0 Å². The third-order valence-corrected chi connectivity index (χ3v) is 1.92. The molecule has 0 unspecified atom stereocenters. The SMILES string of the molecule is N=C(N)CCCCOc1ccc(F)cc1. The first-order valence-electron chi connectivity index (χ1n) is 4.90. The lowest BCUT2D eigenvalue weighted by molar-refractivity contribution is 0.307. The summed E-state index contributed by atoms with van der Waals surface area (Å²) in [4.78, 5) is 0. The van der Waals surface area contributed by atoms with Gasteiger partial charge in [-0.3, -0.25) is 5.41 Å². The van der Waals surface area contributed by atoms with E-state index in [0.29, 0.717) is 18.8 Å². The minimum absolute atomic E-state index is 0.205. The lowest BCUT2D eigenvalue weighted by Gasteiger charge is -2.05. The van der Waals surface area contributed by atoms with Crippen LogP contribution in [0.4, 0.5) is 4.39 Å². The molecule has 0 amide bonds. The van der Waals surface area contributed by atoms with Crippen LogP contribution < -0.4 is 10.5 Å². The summed E-state index contributed by atoms with van der Waals surface area (Å²) in [6, 6.07) is 5.93. The molecule has 0 saturated heterocycles. The highest BCUT2D eigenvalue weighted by Crippen LogP contribution is 2.11. The predicted octanol–water partition coefficient (Wildman–Crippen LogP) is 2.31. The van der Waals surface area contributed by atoms with E-state index in [2.05, 4.69) is 0 Å². The number of nitrogens with two attached hydrogens (primary N) is 1. The molecule has 82 valence electrons. The van der Waals surface area contributed by atoms with Crippen molar-refractivity contribution in [3.05, 3.63) is 30.1 Å². The van der Waals surface area contributed by atoms with Gasteiger partial charge < -0.3 is 10.5 Å². The Hall–Kier alpha value is -1.58. The molecule has 0 atom stereocenters. The van der Waals surface area contributed by atoms with Crippen molar-refractivity contribution in [3.63, 3.8) is 0 Å². The van der Waals surface area contributed by atoms with Gasteiger partial charge in [-0.25, -0.2) is 4.39 Å². The van der Waals surface area contributed by atoms with Crippen LogP contribution in [0.2, 0.25) is 0 Å². The molecule has 3 N–H and O–H groups in total. The lowest BCUT2D eigenvalue weighted by atomic mass is 10.2. The molecule has 1 aromatic carbocycles. The van der Waals surface area contributed by atoms with Crippen LogP contribution in [0.1, 0.15) is 19.3 Å². The van der Waals surface area contributed by atoms with Crippen molar-refractivity contribution in [2.75, 3.05) is 6.61 Å². The quantitative estimate of drug-likeness (QED) is 0.430. The second-order valence-corrected chi connectivity index (χ2v) is 3.28. The van der Waals surface area contributed by atoms with Crippen molar-refractivity contribution in [2.24, 2.45) is 5.73 Å². The van der Waals surface area contributed by atoms with E-state index in [1.54, 1.807) is 12.1 Å². The maximum Gasteiger partial charge on any atom is 0.123 e. The average Bonchev–Trinajstić information content (AvgIpc) is 2.20. The summed E-state index contributed by atoms with van der Waals surface area (Å²) in [5, 5.41) is 7.01. The van der Waals surface area contributed by atoms with E-state index < -0.39 is 0 Å². The lowest BCUT2D eigenvalue weighted by Crippen LogP contribution is -2.09. The highest BCUT2D eigenvalue weighted by atomic mass is 19.1. The van der Waals surface area contributed by atoms with Crippen LogP contribution in [-0.2, 0) is 0 Å². The number of hydrogen-bond donors (Lipinski definition) is 2. The summed E-state index contributed by atoms with van der Waals surface area (Å²) >= 11 is 0. The van der Waals surface area contributed by atoms with Gasteiger partial charge in [-0.15, -0.1) is 0 Å². The number of hydrogen-bond acceptors (Lipinski definition) is 2. The van der Waals surface area contributed by atoms with Crippen LogP contribution in [0.25, 0.3) is 0 Å². The number of ether oxygens (including phenoxy) is 1. The van der Waals surface area contributed by atoms with Crippen LogP contribution in [-0.4, -0.2) is 12.4 Å². The fourth-order valence-electron chi connectivity index (χ4n) is 1.14. The van der Waals surface area contributed by atoms with Gasteiger partial charge in [0.1, 0.15) is 11.6 Å². The van der Waals surface area contributed by atoms with E-state index in [1.807, 2.05) is 0 Å². The van der Waals surface area contributed by atoms with Gasteiger partial charge in [-0.2, -0.15) is 0 Å². The van der Waals surface area contributed by atoms with Gasteiger partial charge >= 0.3 is 0 Å². The molecule has 0 fully saturated rings. The average molecular weight is 210 g/mol. The monoisotopic (exact) mass is 210 g/mol. The molecular formula is C11H15FN2O. The van der Waals surface area contributed by atoms with E-state index in [1.165, 1.54) is 12.1 Å². The first-order valence-corrected chi connectivity index (χ1v) is 4.90. The topological polar surface area (TPSA) is 59.1 Å². The Morgan fingerprint density at radius 3 is 2.53 bits per heavy atom. The Kier molecular flexibility index (Phi) is 4.60. The Bertz CT molecular complexity index is 311. The molecule has 0 saturated carbocycles. The molecule has 0 radical (unpaired) electrons. The maximum absolute atomic E-state index is 12.5. The Morgan fingerprint density at radius 2 is 1.93 bits per heavy atom. The standard InChI is InChI=1S/C11H15FN2O/c12-9-4-6-10(7-5-9)15-8-2-1-3-11(13)14/h4-7H,1-3,8H2,(H3,13,14). The molecule has 0 aliphatic carbocycles. The summed E-state index contributed by atoms with van der Waals surface area (Å²) < 4.78 is 17.9. The maximum atomic E-state index is 12.5. The molecule has 0 aliphatic heterocycles. The van der Waals surface area contributed by atoms with Gasteiger partial charge in [0, 0.05) is 6.42 Å².